The summed E-state index contributed by atoms with van der Waals surface area (Å²) >= 11 is 1.02. The van der Waals surface area contributed by atoms with E-state index in [-0.39, 0.29) is 11.7 Å². The third-order valence-corrected chi connectivity index (χ3v) is 2.08. The number of rotatable bonds is 4. The van der Waals surface area contributed by atoms with Crippen molar-refractivity contribution in [2.24, 2.45) is 0 Å². The van der Waals surface area contributed by atoms with Crippen molar-refractivity contribution in [3.8, 4) is 0 Å². The maximum Gasteiger partial charge on any atom is 0.317 e. The molecule has 0 radical (unpaired) electrons. The van der Waals surface area contributed by atoms with Crippen molar-refractivity contribution >= 4 is 17.3 Å². The second kappa shape index (κ2) is 4.18. The Hall–Kier alpha value is -0.940. The van der Waals surface area contributed by atoms with Crippen LogP contribution in [0, 0.1) is 5.13 Å². The van der Waals surface area contributed by atoms with E-state index in [9.17, 15) is 9.18 Å². The molecule has 0 unspecified atom stereocenters. The first-order chi connectivity index (χ1) is 5.68. The summed E-state index contributed by atoms with van der Waals surface area (Å²) in [6.07, 6.45) is 0. The Labute approximate surface area is 72.8 Å². The van der Waals surface area contributed by atoms with E-state index in [2.05, 4.69) is 5.32 Å². The van der Waals surface area contributed by atoms with Gasteiger partial charge in [-0.3, -0.25) is 4.79 Å². The smallest absolute Gasteiger partial charge is 0.317 e. The summed E-state index contributed by atoms with van der Waals surface area (Å²) in [4.78, 5) is 10.9. The van der Waals surface area contributed by atoms with Crippen LogP contribution >= 0.6 is 11.3 Å². The number of nitrogens with one attached hydrogen (secondary N) is 1. The van der Waals surface area contributed by atoms with Crippen molar-refractivity contribution in [3.63, 3.8) is 0 Å². The topological polar surface area (TPSA) is 49.3 Å². The first-order valence-corrected chi connectivity index (χ1v) is 4.17. The van der Waals surface area contributed by atoms with Gasteiger partial charge in [0.25, 0.3) is 0 Å². The lowest BCUT2D eigenvalue weighted by molar-refractivity contribution is -0.135. The Morgan fingerprint density at radius 2 is 2.42 bits per heavy atom. The predicted octanol–water partition coefficient (Wildman–Crippen LogP) is 1.06. The first-order valence-electron chi connectivity index (χ1n) is 3.35. The SMILES string of the molecule is O=C(O)CNCc1ccc(F)s1. The Morgan fingerprint density at radius 1 is 1.67 bits per heavy atom. The molecule has 0 saturated carbocycles. The lowest BCUT2D eigenvalue weighted by atomic mass is 10.4. The molecule has 0 aromatic carbocycles. The van der Waals surface area contributed by atoms with Crippen LogP contribution in [0.25, 0.3) is 0 Å². The molecule has 1 aromatic rings. The van der Waals surface area contributed by atoms with E-state index in [1.165, 1.54) is 6.07 Å². The fourth-order valence-corrected chi connectivity index (χ4v) is 1.44. The molecule has 2 N–H and O–H groups in total. The highest BCUT2D eigenvalue weighted by Crippen LogP contribution is 2.13. The first kappa shape index (κ1) is 9.15. The van der Waals surface area contributed by atoms with Crippen LogP contribution in [0.2, 0.25) is 0 Å². The second-order valence-electron chi connectivity index (χ2n) is 2.20. The number of aliphatic carboxylic acids is 1. The van der Waals surface area contributed by atoms with Crippen LogP contribution in [0.5, 0.6) is 0 Å². The van der Waals surface area contributed by atoms with Gasteiger partial charge in [-0.2, -0.15) is 4.39 Å². The molecular formula is C7H8FNO2S. The minimum atomic E-state index is -0.910. The molecule has 0 spiro atoms. The van der Waals surface area contributed by atoms with Gasteiger partial charge in [0.1, 0.15) is 0 Å². The van der Waals surface area contributed by atoms with Crippen LogP contribution < -0.4 is 5.32 Å². The number of carbonyl (C=O) groups is 1. The molecule has 0 amide bonds. The van der Waals surface area contributed by atoms with Crippen LogP contribution in [0.1, 0.15) is 4.88 Å². The highest BCUT2D eigenvalue weighted by Gasteiger charge is 1.99. The minimum absolute atomic E-state index is 0.0977. The van der Waals surface area contributed by atoms with Gasteiger partial charge in [0.2, 0.25) is 0 Å². The molecule has 1 aromatic heterocycles. The zero-order chi connectivity index (χ0) is 8.97. The Morgan fingerprint density at radius 3 is 2.92 bits per heavy atom. The maximum absolute atomic E-state index is 12.4. The summed E-state index contributed by atoms with van der Waals surface area (Å²) in [7, 11) is 0. The lowest BCUT2D eigenvalue weighted by Crippen LogP contribution is -2.21. The summed E-state index contributed by atoms with van der Waals surface area (Å²) in [6, 6.07) is 3.00. The third kappa shape index (κ3) is 2.98. The minimum Gasteiger partial charge on any atom is -0.480 e. The molecule has 0 fully saturated rings. The van der Waals surface area contributed by atoms with Gasteiger partial charge in [-0.15, -0.1) is 11.3 Å². The number of halogens is 1. The third-order valence-electron chi connectivity index (χ3n) is 1.20. The van der Waals surface area contributed by atoms with Gasteiger partial charge in [-0.1, -0.05) is 0 Å². The van der Waals surface area contributed by atoms with Gasteiger partial charge in [-0.25, -0.2) is 0 Å². The average molecular weight is 189 g/mol. The van der Waals surface area contributed by atoms with Gasteiger partial charge in [0, 0.05) is 11.4 Å². The number of thiophene rings is 1. The summed E-state index contributed by atoms with van der Waals surface area (Å²) in [6.45, 7) is 0.306. The molecule has 5 heteroatoms. The molecule has 0 aliphatic rings. The van der Waals surface area contributed by atoms with E-state index in [1.807, 2.05) is 0 Å². The van der Waals surface area contributed by atoms with E-state index in [4.69, 9.17) is 5.11 Å². The number of carboxylic acids is 1. The van der Waals surface area contributed by atoms with Crippen molar-refractivity contribution in [2.75, 3.05) is 6.54 Å². The predicted molar refractivity (Wildman–Crippen MR) is 43.6 cm³/mol. The summed E-state index contributed by atoms with van der Waals surface area (Å²) in [5, 5.41) is 10.7. The van der Waals surface area contributed by atoms with Crippen molar-refractivity contribution < 1.29 is 14.3 Å². The molecule has 1 heterocycles. The van der Waals surface area contributed by atoms with Crippen LogP contribution in [-0.4, -0.2) is 17.6 Å². The van der Waals surface area contributed by atoms with Crippen LogP contribution in [-0.2, 0) is 11.3 Å². The lowest BCUT2D eigenvalue weighted by Gasteiger charge is -1.96. The normalized spacial score (nSPS) is 10.1. The molecule has 0 bridgehead atoms. The van der Waals surface area contributed by atoms with Gasteiger partial charge >= 0.3 is 5.97 Å². The van der Waals surface area contributed by atoms with E-state index in [1.54, 1.807) is 6.07 Å². The molecular weight excluding hydrogens is 181 g/mol. The maximum atomic E-state index is 12.4. The highest BCUT2D eigenvalue weighted by atomic mass is 32.1. The van der Waals surface area contributed by atoms with Gasteiger partial charge in [-0.05, 0) is 12.1 Å². The molecule has 66 valence electrons. The van der Waals surface area contributed by atoms with E-state index >= 15 is 0 Å². The molecule has 3 nitrogen and oxygen atoms in total. The fraction of sp³-hybridized carbons (Fsp3) is 0.286. The van der Waals surface area contributed by atoms with E-state index in [0.717, 1.165) is 16.2 Å². The number of hydrogen-bond donors (Lipinski definition) is 2. The van der Waals surface area contributed by atoms with Crippen LogP contribution in [0.3, 0.4) is 0 Å². The fourth-order valence-electron chi connectivity index (χ4n) is 0.739. The molecule has 1 rings (SSSR count). The molecule has 0 atom stereocenters. The number of carboxylic acid groups (broad SMARTS) is 1. The molecule has 12 heavy (non-hydrogen) atoms. The highest BCUT2D eigenvalue weighted by molar-refractivity contribution is 7.10. The van der Waals surface area contributed by atoms with Gasteiger partial charge in [0.05, 0.1) is 6.54 Å². The summed E-state index contributed by atoms with van der Waals surface area (Å²) < 4.78 is 12.4. The zero-order valence-corrected chi connectivity index (χ0v) is 7.03. The van der Waals surface area contributed by atoms with Gasteiger partial charge in [0.15, 0.2) is 5.13 Å². The van der Waals surface area contributed by atoms with Crippen molar-refractivity contribution in [1.82, 2.24) is 5.32 Å². The Balaban J connectivity index is 2.29. The van der Waals surface area contributed by atoms with Crippen molar-refractivity contribution in [2.45, 2.75) is 6.54 Å². The van der Waals surface area contributed by atoms with Crippen molar-refractivity contribution in [3.05, 3.63) is 22.1 Å². The molecule has 0 aliphatic heterocycles. The standard InChI is InChI=1S/C7H8FNO2S/c8-6-2-1-5(12-6)3-9-4-7(10)11/h1-2,9H,3-4H2,(H,10,11). The monoisotopic (exact) mass is 189 g/mol. The molecule has 0 aliphatic carbocycles. The largest absolute Gasteiger partial charge is 0.480 e. The van der Waals surface area contributed by atoms with Gasteiger partial charge < -0.3 is 10.4 Å². The molecule has 0 saturated heterocycles. The van der Waals surface area contributed by atoms with Crippen molar-refractivity contribution in [1.29, 1.82) is 0 Å². The zero-order valence-electron chi connectivity index (χ0n) is 6.21. The average Bonchev–Trinajstić information content (AvgIpc) is 2.35. The summed E-state index contributed by atoms with van der Waals surface area (Å²) in [5.41, 5.74) is 0. The Kier molecular flexibility index (Phi) is 3.19. The van der Waals surface area contributed by atoms with E-state index in [0.29, 0.717) is 6.54 Å². The summed E-state index contributed by atoms with van der Waals surface area (Å²) in [5.74, 6) is -0.910. The van der Waals surface area contributed by atoms with Crippen LogP contribution in [0.4, 0.5) is 4.39 Å². The second-order valence-corrected chi connectivity index (χ2v) is 3.32. The number of hydrogen-bond acceptors (Lipinski definition) is 3. The Bertz CT molecular complexity index is 274. The quantitative estimate of drug-likeness (QED) is 0.744. The van der Waals surface area contributed by atoms with E-state index < -0.39 is 5.97 Å². The van der Waals surface area contributed by atoms with Crippen LogP contribution in [0.15, 0.2) is 12.1 Å².